The molecule has 0 radical (unpaired) electrons. The Morgan fingerprint density at radius 1 is 0.875 bits per heavy atom. The van der Waals surface area contributed by atoms with Crippen molar-refractivity contribution in [2.75, 3.05) is 26.4 Å². The van der Waals surface area contributed by atoms with Gasteiger partial charge in [0.25, 0.3) is 0 Å². The number of aliphatic hydroxyl groups excluding tert-OH is 1. The Morgan fingerprint density at radius 3 is 1.83 bits per heavy atom. The van der Waals surface area contributed by atoms with E-state index in [4.69, 9.17) is 18.9 Å². The zero-order valence-electron chi connectivity index (χ0n) is 14.0. The van der Waals surface area contributed by atoms with Crippen LogP contribution < -0.4 is 10.0 Å². The minimum absolute atomic E-state index is 0.0110. The average Bonchev–Trinajstić information content (AvgIpc) is 2.61. The predicted octanol–water partition coefficient (Wildman–Crippen LogP) is 3.62. The van der Waals surface area contributed by atoms with Crippen molar-refractivity contribution >= 4 is 12.9 Å². The van der Waals surface area contributed by atoms with Gasteiger partial charge in [0.1, 0.15) is 12.4 Å². The fraction of sp³-hybridized carbons (Fsp3) is 0.333. The predicted molar refractivity (Wildman–Crippen MR) is 95.0 cm³/mol. The molecular formula is C18H23O5P. The Morgan fingerprint density at radius 2 is 1.38 bits per heavy atom. The third kappa shape index (κ3) is 4.68. The van der Waals surface area contributed by atoms with Crippen molar-refractivity contribution in [3.63, 3.8) is 0 Å². The van der Waals surface area contributed by atoms with Crippen LogP contribution in [0.4, 0.5) is 0 Å². The maximum absolute atomic E-state index is 12.7. The first-order valence-corrected chi connectivity index (χ1v) is 9.51. The quantitative estimate of drug-likeness (QED) is 0.700. The molecule has 0 spiro atoms. The van der Waals surface area contributed by atoms with Crippen LogP contribution in [0.5, 0.6) is 5.75 Å². The van der Waals surface area contributed by atoms with Gasteiger partial charge in [0, 0.05) is 0 Å². The molecule has 0 unspecified atom stereocenters. The van der Waals surface area contributed by atoms with Crippen LogP contribution in [0.3, 0.4) is 0 Å². The molecule has 0 amide bonds. The van der Waals surface area contributed by atoms with E-state index >= 15 is 0 Å². The molecule has 1 N–H and O–H groups in total. The Labute approximate surface area is 142 Å². The van der Waals surface area contributed by atoms with Gasteiger partial charge in [-0.25, -0.2) is 0 Å². The number of aliphatic hydroxyl groups is 1. The topological polar surface area (TPSA) is 65.0 Å². The molecule has 0 bridgehead atoms. The van der Waals surface area contributed by atoms with E-state index in [0.717, 1.165) is 11.1 Å². The highest BCUT2D eigenvalue weighted by molar-refractivity contribution is 7.62. The summed E-state index contributed by atoms with van der Waals surface area (Å²) >= 11 is 0. The van der Waals surface area contributed by atoms with Crippen LogP contribution in [0.1, 0.15) is 13.8 Å². The minimum atomic E-state index is -3.25. The van der Waals surface area contributed by atoms with E-state index in [9.17, 15) is 4.57 Å². The minimum Gasteiger partial charge on any atom is -0.491 e. The van der Waals surface area contributed by atoms with Gasteiger partial charge in [-0.15, -0.1) is 0 Å². The summed E-state index contributed by atoms with van der Waals surface area (Å²) in [5.74, 6) is 0.710. The number of hydrogen-bond acceptors (Lipinski definition) is 5. The summed E-state index contributed by atoms with van der Waals surface area (Å²) in [4.78, 5) is 0. The van der Waals surface area contributed by atoms with E-state index in [1.807, 2.05) is 36.4 Å². The third-order valence-electron chi connectivity index (χ3n) is 3.33. The van der Waals surface area contributed by atoms with Gasteiger partial charge < -0.3 is 18.9 Å². The zero-order chi connectivity index (χ0) is 17.4. The molecule has 0 aliphatic rings. The highest BCUT2D eigenvalue weighted by Crippen LogP contribution is 2.46. The van der Waals surface area contributed by atoms with Crippen molar-refractivity contribution in [3.8, 4) is 16.9 Å². The lowest BCUT2D eigenvalue weighted by Crippen LogP contribution is -2.10. The van der Waals surface area contributed by atoms with Gasteiger partial charge in [0.15, 0.2) is 0 Å². The Kier molecular flexibility index (Phi) is 7.00. The second kappa shape index (κ2) is 9.00. The number of ether oxygens (including phenoxy) is 1. The zero-order valence-corrected chi connectivity index (χ0v) is 14.9. The van der Waals surface area contributed by atoms with Crippen LogP contribution in [0.2, 0.25) is 0 Å². The molecule has 0 saturated heterocycles. The van der Waals surface area contributed by atoms with Gasteiger partial charge in [-0.2, -0.15) is 0 Å². The molecule has 0 aliphatic carbocycles. The summed E-state index contributed by atoms with van der Waals surface area (Å²) in [6, 6.07) is 14.9. The Bertz CT molecular complexity index is 657. The summed E-state index contributed by atoms with van der Waals surface area (Å²) in [7, 11) is -3.25. The van der Waals surface area contributed by atoms with Crippen molar-refractivity contribution in [2.45, 2.75) is 13.8 Å². The van der Waals surface area contributed by atoms with Crippen LogP contribution in [-0.4, -0.2) is 31.5 Å². The van der Waals surface area contributed by atoms with Crippen LogP contribution in [0.15, 0.2) is 48.5 Å². The SMILES string of the molecule is CCOP(=O)(OCC)c1ccc(-c2ccc(OCCO)cc2)cc1. The number of hydrogen-bond donors (Lipinski definition) is 1. The molecule has 5 nitrogen and oxygen atoms in total. The molecule has 0 fully saturated rings. The van der Waals surface area contributed by atoms with Gasteiger partial charge in [-0.05, 0) is 49.2 Å². The van der Waals surface area contributed by atoms with Gasteiger partial charge in [-0.1, -0.05) is 24.3 Å². The molecule has 24 heavy (non-hydrogen) atoms. The molecule has 0 aliphatic heterocycles. The third-order valence-corrected chi connectivity index (χ3v) is 5.46. The van der Waals surface area contributed by atoms with Gasteiger partial charge >= 0.3 is 7.60 Å². The first-order valence-electron chi connectivity index (χ1n) is 7.96. The van der Waals surface area contributed by atoms with Crippen LogP contribution in [0.25, 0.3) is 11.1 Å². The highest BCUT2D eigenvalue weighted by atomic mass is 31.2. The lowest BCUT2D eigenvalue weighted by Gasteiger charge is -2.17. The molecule has 2 rings (SSSR count). The van der Waals surface area contributed by atoms with E-state index in [2.05, 4.69) is 0 Å². The van der Waals surface area contributed by atoms with Crippen molar-refractivity contribution in [3.05, 3.63) is 48.5 Å². The molecular weight excluding hydrogens is 327 g/mol. The number of benzene rings is 2. The molecule has 2 aromatic carbocycles. The summed E-state index contributed by atoms with van der Waals surface area (Å²) < 4.78 is 28.8. The smallest absolute Gasteiger partial charge is 0.361 e. The van der Waals surface area contributed by atoms with E-state index < -0.39 is 7.60 Å². The Hall–Kier alpha value is -1.65. The first-order chi connectivity index (χ1) is 11.6. The monoisotopic (exact) mass is 350 g/mol. The van der Waals surface area contributed by atoms with Crippen molar-refractivity contribution < 1.29 is 23.5 Å². The normalized spacial score (nSPS) is 11.5. The highest BCUT2D eigenvalue weighted by Gasteiger charge is 2.26. The maximum Gasteiger partial charge on any atom is 0.361 e. The van der Waals surface area contributed by atoms with E-state index in [-0.39, 0.29) is 13.2 Å². The van der Waals surface area contributed by atoms with Crippen LogP contribution in [0, 0.1) is 0 Å². The van der Waals surface area contributed by atoms with Crippen molar-refractivity contribution in [1.82, 2.24) is 0 Å². The standard InChI is InChI=1S/C18H23O5P/c1-3-22-24(20,23-4-2)18-11-7-16(8-12-18)15-5-9-17(10-6-15)21-14-13-19/h5-12,19H,3-4,13-14H2,1-2H3. The molecule has 130 valence electrons. The fourth-order valence-electron chi connectivity index (χ4n) is 2.27. The molecule has 6 heteroatoms. The van der Waals surface area contributed by atoms with Crippen molar-refractivity contribution in [2.24, 2.45) is 0 Å². The molecule has 0 atom stereocenters. The summed E-state index contributed by atoms with van der Waals surface area (Å²) in [6.07, 6.45) is 0. The molecule has 0 saturated carbocycles. The van der Waals surface area contributed by atoms with Gasteiger partial charge in [0.2, 0.25) is 0 Å². The van der Waals surface area contributed by atoms with E-state index in [0.29, 0.717) is 24.3 Å². The van der Waals surface area contributed by atoms with E-state index in [1.165, 1.54) is 0 Å². The summed E-state index contributed by atoms with van der Waals surface area (Å²) in [6.45, 7) is 4.50. The molecule has 0 heterocycles. The van der Waals surface area contributed by atoms with Crippen LogP contribution >= 0.6 is 7.60 Å². The van der Waals surface area contributed by atoms with Gasteiger partial charge in [0.05, 0.1) is 25.1 Å². The largest absolute Gasteiger partial charge is 0.491 e. The van der Waals surface area contributed by atoms with Gasteiger partial charge in [-0.3, -0.25) is 4.57 Å². The summed E-state index contributed by atoms with van der Waals surface area (Å²) in [5, 5.41) is 9.31. The maximum atomic E-state index is 12.7. The second-order valence-corrected chi connectivity index (χ2v) is 7.00. The summed E-state index contributed by atoms with van der Waals surface area (Å²) in [5.41, 5.74) is 2.01. The first kappa shape index (κ1) is 18.7. The van der Waals surface area contributed by atoms with Crippen LogP contribution in [-0.2, 0) is 13.6 Å². The fourth-order valence-corrected chi connectivity index (χ4v) is 3.84. The van der Waals surface area contributed by atoms with E-state index in [1.54, 1.807) is 26.0 Å². The van der Waals surface area contributed by atoms with Crippen molar-refractivity contribution in [1.29, 1.82) is 0 Å². The average molecular weight is 350 g/mol. The second-order valence-electron chi connectivity index (χ2n) is 4.98. The lowest BCUT2D eigenvalue weighted by atomic mass is 10.1. The Balaban J connectivity index is 2.17. The molecule has 2 aromatic rings. The molecule has 0 aromatic heterocycles. The lowest BCUT2D eigenvalue weighted by molar-refractivity contribution is 0.201. The number of rotatable bonds is 9.